The summed E-state index contributed by atoms with van der Waals surface area (Å²) in [6, 6.07) is 2.14. The predicted octanol–water partition coefficient (Wildman–Crippen LogP) is 1.82. The van der Waals surface area contributed by atoms with E-state index in [1.54, 1.807) is 0 Å². The Labute approximate surface area is 131 Å². The molecule has 4 heterocycles. The molecular formula is C16H24N6. The van der Waals surface area contributed by atoms with Gasteiger partial charge in [0.2, 0.25) is 0 Å². The molecule has 0 saturated carbocycles. The number of hydrogen-bond acceptors (Lipinski definition) is 4. The molecular weight excluding hydrogens is 276 g/mol. The maximum atomic E-state index is 4.50. The number of fused-ring (bicyclic) bond motifs is 1. The fourth-order valence-corrected chi connectivity index (χ4v) is 3.89. The van der Waals surface area contributed by atoms with Gasteiger partial charge in [-0.1, -0.05) is 0 Å². The third-order valence-corrected chi connectivity index (χ3v) is 5.00. The summed E-state index contributed by atoms with van der Waals surface area (Å²) in [5, 5.41) is 13.3. The smallest absolute Gasteiger partial charge is 0.137 e. The van der Waals surface area contributed by atoms with Gasteiger partial charge in [0.25, 0.3) is 0 Å². The molecule has 0 amide bonds. The Morgan fingerprint density at radius 2 is 2.18 bits per heavy atom. The molecule has 1 atom stereocenters. The Morgan fingerprint density at radius 1 is 1.23 bits per heavy atom. The van der Waals surface area contributed by atoms with Crippen molar-refractivity contribution in [2.75, 3.05) is 13.1 Å². The van der Waals surface area contributed by atoms with Gasteiger partial charge in [0.05, 0.1) is 5.69 Å². The lowest BCUT2D eigenvalue weighted by Gasteiger charge is -2.32. The van der Waals surface area contributed by atoms with Gasteiger partial charge in [-0.3, -0.25) is 9.58 Å². The van der Waals surface area contributed by atoms with E-state index in [2.05, 4.69) is 42.4 Å². The largest absolute Gasteiger partial charge is 0.315 e. The van der Waals surface area contributed by atoms with E-state index >= 15 is 0 Å². The highest BCUT2D eigenvalue weighted by Crippen LogP contribution is 2.29. The minimum absolute atomic E-state index is 0.533. The van der Waals surface area contributed by atoms with Crippen LogP contribution in [0.5, 0.6) is 0 Å². The maximum absolute atomic E-state index is 4.50. The van der Waals surface area contributed by atoms with E-state index in [1.165, 1.54) is 43.1 Å². The van der Waals surface area contributed by atoms with E-state index in [0.717, 1.165) is 32.6 Å². The molecule has 0 radical (unpaired) electrons. The molecule has 0 aliphatic carbocycles. The molecule has 0 spiro atoms. The summed E-state index contributed by atoms with van der Waals surface area (Å²) >= 11 is 0. The molecule has 1 unspecified atom stereocenters. The normalized spacial score (nSPS) is 22.1. The molecule has 1 fully saturated rings. The van der Waals surface area contributed by atoms with Gasteiger partial charge in [0.1, 0.15) is 11.6 Å². The highest BCUT2D eigenvalue weighted by atomic mass is 15.3. The van der Waals surface area contributed by atoms with Gasteiger partial charge in [-0.15, -0.1) is 10.2 Å². The van der Waals surface area contributed by atoms with Gasteiger partial charge >= 0.3 is 0 Å². The minimum atomic E-state index is 0.533. The number of aromatic nitrogens is 5. The van der Waals surface area contributed by atoms with Gasteiger partial charge in [-0.25, -0.2) is 0 Å². The van der Waals surface area contributed by atoms with Crippen LogP contribution in [0.4, 0.5) is 0 Å². The van der Waals surface area contributed by atoms with Crippen molar-refractivity contribution in [1.29, 1.82) is 0 Å². The van der Waals surface area contributed by atoms with Crippen molar-refractivity contribution in [2.45, 2.75) is 58.2 Å². The standard InChI is InChI=1S/C16H24N6/c1-2-22-14(7-8-17-22)12-20-9-3-5-13(11-20)16-19-18-15-6-4-10-21(15)16/h7-8,13H,2-6,9-12H2,1H3. The summed E-state index contributed by atoms with van der Waals surface area (Å²) in [6.45, 7) is 7.45. The van der Waals surface area contributed by atoms with E-state index < -0.39 is 0 Å². The molecule has 0 N–H and O–H groups in total. The Kier molecular flexibility index (Phi) is 3.70. The van der Waals surface area contributed by atoms with Crippen molar-refractivity contribution in [3.8, 4) is 0 Å². The lowest BCUT2D eigenvalue weighted by molar-refractivity contribution is 0.190. The fourth-order valence-electron chi connectivity index (χ4n) is 3.89. The van der Waals surface area contributed by atoms with Crippen molar-refractivity contribution >= 4 is 0 Å². The number of piperidine rings is 1. The van der Waals surface area contributed by atoms with Crippen molar-refractivity contribution in [3.63, 3.8) is 0 Å². The molecule has 2 aromatic rings. The van der Waals surface area contributed by atoms with Crippen LogP contribution < -0.4 is 0 Å². The first-order valence-corrected chi connectivity index (χ1v) is 8.50. The molecule has 6 heteroatoms. The molecule has 0 bridgehead atoms. The molecule has 4 rings (SSSR count). The summed E-state index contributed by atoms with van der Waals surface area (Å²) in [4.78, 5) is 2.55. The molecule has 6 nitrogen and oxygen atoms in total. The fraction of sp³-hybridized carbons (Fsp3) is 0.688. The van der Waals surface area contributed by atoms with Gasteiger partial charge in [0, 0.05) is 44.7 Å². The van der Waals surface area contributed by atoms with E-state index in [9.17, 15) is 0 Å². The van der Waals surface area contributed by atoms with Crippen LogP contribution in [-0.4, -0.2) is 42.5 Å². The minimum Gasteiger partial charge on any atom is -0.315 e. The van der Waals surface area contributed by atoms with Crippen LogP contribution in [0, 0.1) is 0 Å². The van der Waals surface area contributed by atoms with Crippen LogP contribution in [0.15, 0.2) is 12.3 Å². The van der Waals surface area contributed by atoms with Crippen molar-refractivity contribution < 1.29 is 0 Å². The van der Waals surface area contributed by atoms with Gasteiger partial charge in [-0.2, -0.15) is 5.10 Å². The van der Waals surface area contributed by atoms with Gasteiger partial charge < -0.3 is 4.57 Å². The Morgan fingerprint density at radius 3 is 3.09 bits per heavy atom. The highest BCUT2D eigenvalue weighted by Gasteiger charge is 2.28. The number of rotatable bonds is 4. The van der Waals surface area contributed by atoms with E-state index in [-0.39, 0.29) is 0 Å². The first-order chi connectivity index (χ1) is 10.8. The monoisotopic (exact) mass is 300 g/mol. The number of likely N-dealkylation sites (tertiary alicyclic amines) is 1. The van der Waals surface area contributed by atoms with Crippen LogP contribution >= 0.6 is 0 Å². The predicted molar refractivity (Wildman–Crippen MR) is 83.5 cm³/mol. The zero-order chi connectivity index (χ0) is 14.9. The first kappa shape index (κ1) is 13.9. The molecule has 2 aromatic heterocycles. The van der Waals surface area contributed by atoms with Gasteiger partial charge in [-0.05, 0) is 38.8 Å². The topological polar surface area (TPSA) is 51.8 Å². The average Bonchev–Trinajstić information content (AvgIpc) is 3.23. The lowest BCUT2D eigenvalue weighted by Crippen LogP contribution is -2.35. The SMILES string of the molecule is CCn1nccc1CN1CCCC(c2nnc3n2CCC3)C1. The van der Waals surface area contributed by atoms with Crippen LogP contribution in [0.1, 0.15) is 49.4 Å². The summed E-state index contributed by atoms with van der Waals surface area (Å²) in [5.74, 6) is 2.95. The summed E-state index contributed by atoms with van der Waals surface area (Å²) in [6.07, 6.45) is 6.71. The van der Waals surface area contributed by atoms with E-state index in [0.29, 0.717) is 5.92 Å². The summed E-state index contributed by atoms with van der Waals surface area (Å²) in [5.41, 5.74) is 1.31. The van der Waals surface area contributed by atoms with Crippen LogP contribution in [0.25, 0.3) is 0 Å². The Bertz CT molecular complexity index is 643. The van der Waals surface area contributed by atoms with Crippen molar-refractivity contribution in [3.05, 3.63) is 29.6 Å². The zero-order valence-electron chi connectivity index (χ0n) is 13.3. The molecule has 2 aliphatic rings. The van der Waals surface area contributed by atoms with E-state index in [4.69, 9.17) is 0 Å². The number of aryl methyl sites for hydroxylation is 2. The Balaban J connectivity index is 1.48. The van der Waals surface area contributed by atoms with Crippen LogP contribution in [0.3, 0.4) is 0 Å². The quantitative estimate of drug-likeness (QED) is 0.864. The molecule has 118 valence electrons. The second-order valence-electron chi connectivity index (χ2n) is 6.44. The van der Waals surface area contributed by atoms with Crippen molar-refractivity contribution in [2.24, 2.45) is 0 Å². The van der Waals surface area contributed by atoms with E-state index in [1.807, 2.05) is 6.20 Å². The zero-order valence-corrected chi connectivity index (χ0v) is 13.3. The molecule has 2 aliphatic heterocycles. The number of hydrogen-bond donors (Lipinski definition) is 0. The highest BCUT2D eigenvalue weighted by molar-refractivity contribution is 5.08. The number of nitrogens with zero attached hydrogens (tertiary/aromatic N) is 6. The molecule has 0 aromatic carbocycles. The van der Waals surface area contributed by atoms with Crippen molar-refractivity contribution in [1.82, 2.24) is 29.4 Å². The lowest BCUT2D eigenvalue weighted by atomic mass is 9.97. The van der Waals surface area contributed by atoms with Crippen LogP contribution in [-0.2, 0) is 26.1 Å². The third kappa shape index (κ3) is 2.45. The molecule has 1 saturated heterocycles. The average molecular weight is 300 g/mol. The molecule has 22 heavy (non-hydrogen) atoms. The third-order valence-electron chi connectivity index (χ3n) is 5.00. The second-order valence-corrected chi connectivity index (χ2v) is 6.44. The van der Waals surface area contributed by atoms with Gasteiger partial charge in [0.15, 0.2) is 0 Å². The maximum Gasteiger partial charge on any atom is 0.137 e. The Hall–Kier alpha value is -1.69. The van der Waals surface area contributed by atoms with Crippen LogP contribution in [0.2, 0.25) is 0 Å². The first-order valence-electron chi connectivity index (χ1n) is 8.50. The summed E-state index contributed by atoms with van der Waals surface area (Å²) < 4.78 is 4.46. The second kappa shape index (κ2) is 5.83. The summed E-state index contributed by atoms with van der Waals surface area (Å²) in [7, 11) is 0.